The lowest BCUT2D eigenvalue weighted by atomic mass is 10.2. The van der Waals surface area contributed by atoms with E-state index >= 15 is 0 Å². The first-order valence-corrected chi connectivity index (χ1v) is 7.41. The van der Waals surface area contributed by atoms with E-state index in [2.05, 4.69) is 5.32 Å². The zero-order chi connectivity index (χ0) is 17.0. The number of benzene rings is 1. The van der Waals surface area contributed by atoms with Gasteiger partial charge in [-0.25, -0.2) is 4.39 Å². The molecule has 0 spiro atoms. The topological polar surface area (TPSA) is 75.7 Å². The van der Waals surface area contributed by atoms with Crippen LogP contribution in [0.5, 0.6) is 0 Å². The van der Waals surface area contributed by atoms with Gasteiger partial charge >= 0.3 is 5.97 Å². The third-order valence-electron chi connectivity index (χ3n) is 3.61. The van der Waals surface area contributed by atoms with E-state index in [9.17, 15) is 18.8 Å². The van der Waals surface area contributed by atoms with E-state index < -0.39 is 23.8 Å². The van der Waals surface area contributed by atoms with Gasteiger partial charge in [0, 0.05) is 18.7 Å². The van der Waals surface area contributed by atoms with Crippen LogP contribution in [-0.2, 0) is 19.1 Å². The molecule has 0 aliphatic carbocycles. The van der Waals surface area contributed by atoms with Gasteiger partial charge in [0.25, 0.3) is 5.91 Å². The Morgan fingerprint density at radius 2 is 2.17 bits per heavy atom. The Kier molecular flexibility index (Phi) is 5.31. The summed E-state index contributed by atoms with van der Waals surface area (Å²) in [5, 5.41) is 2.48. The molecule has 23 heavy (non-hydrogen) atoms. The number of ether oxygens (including phenoxy) is 1. The van der Waals surface area contributed by atoms with Gasteiger partial charge in [0.2, 0.25) is 5.91 Å². The van der Waals surface area contributed by atoms with Gasteiger partial charge in [0.05, 0.1) is 0 Å². The molecule has 1 aliphatic heterocycles. The first kappa shape index (κ1) is 16.9. The van der Waals surface area contributed by atoms with Gasteiger partial charge in [-0.05, 0) is 38.0 Å². The minimum Gasteiger partial charge on any atom is -0.451 e. The van der Waals surface area contributed by atoms with Crippen LogP contribution in [0.3, 0.4) is 0 Å². The average Bonchev–Trinajstić information content (AvgIpc) is 2.88. The molecule has 1 fully saturated rings. The van der Waals surface area contributed by atoms with E-state index in [1.54, 1.807) is 19.1 Å². The lowest BCUT2D eigenvalue weighted by Gasteiger charge is -2.17. The van der Waals surface area contributed by atoms with E-state index in [1.807, 2.05) is 0 Å². The van der Waals surface area contributed by atoms with E-state index in [0.29, 0.717) is 18.5 Å². The molecule has 0 aromatic heterocycles. The van der Waals surface area contributed by atoms with Crippen LogP contribution in [0.25, 0.3) is 0 Å². The summed E-state index contributed by atoms with van der Waals surface area (Å²) < 4.78 is 18.4. The maximum absolute atomic E-state index is 13.4. The molecule has 1 saturated heterocycles. The number of hydrogen-bond acceptors (Lipinski definition) is 4. The summed E-state index contributed by atoms with van der Waals surface area (Å²) >= 11 is 0. The van der Waals surface area contributed by atoms with Crippen LogP contribution >= 0.6 is 0 Å². The van der Waals surface area contributed by atoms with Crippen molar-refractivity contribution in [1.82, 2.24) is 4.90 Å². The van der Waals surface area contributed by atoms with Crippen LogP contribution in [0, 0.1) is 12.7 Å². The molecule has 1 aromatic carbocycles. The van der Waals surface area contributed by atoms with Crippen molar-refractivity contribution in [1.29, 1.82) is 0 Å². The fourth-order valence-corrected chi connectivity index (χ4v) is 2.23. The summed E-state index contributed by atoms with van der Waals surface area (Å²) in [4.78, 5) is 36.5. The highest BCUT2D eigenvalue weighted by Crippen LogP contribution is 2.14. The van der Waals surface area contributed by atoms with Crippen LogP contribution in [0.2, 0.25) is 0 Å². The summed E-state index contributed by atoms with van der Waals surface area (Å²) in [6, 6.07) is 4.30. The van der Waals surface area contributed by atoms with Gasteiger partial charge in [-0.2, -0.15) is 0 Å². The summed E-state index contributed by atoms with van der Waals surface area (Å²) in [5.41, 5.74) is 0.758. The Hall–Kier alpha value is -2.44. The third-order valence-corrected chi connectivity index (χ3v) is 3.61. The quantitative estimate of drug-likeness (QED) is 0.836. The molecule has 1 aliphatic rings. The number of amides is 2. The van der Waals surface area contributed by atoms with Crippen molar-refractivity contribution < 1.29 is 23.5 Å². The zero-order valence-corrected chi connectivity index (χ0v) is 13.1. The lowest BCUT2D eigenvalue weighted by Crippen LogP contribution is -2.36. The molecule has 1 atom stereocenters. The molecule has 0 unspecified atom stereocenters. The van der Waals surface area contributed by atoms with E-state index in [0.717, 1.165) is 6.42 Å². The number of esters is 1. The molecule has 1 aromatic rings. The molecule has 0 bridgehead atoms. The van der Waals surface area contributed by atoms with Gasteiger partial charge in [0.15, 0.2) is 6.10 Å². The minimum atomic E-state index is -1.04. The second kappa shape index (κ2) is 7.21. The lowest BCUT2D eigenvalue weighted by molar-refractivity contribution is -0.155. The highest BCUT2D eigenvalue weighted by Gasteiger charge is 2.25. The number of carbonyl (C=O) groups excluding carboxylic acids is 3. The number of likely N-dealkylation sites (tertiary alicyclic amines) is 1. The molecular weight excluding hydrogens is 303 g/mol. The summed E-state index contributed by atoms with van der Waals surface area (Å²) in [5.74, 6) is -1.72. The van der Waals surface area contributed by atoms with Crippen molar-refractivity contribution in [2.75, 3.05) is 18.4 Å². The van der Waals surface area contributed by atoms with E-state index in [1.165, 1.54) is 17.9 Å². The molecule has 1 heterocycles. The molecule has 7 heteroatoms. The molecule has 1 N–H and O–H groups in total. The zero-order valence-electron chi connectivity index (χ0n) is 13.1. The van der Waals surface area contributed by atoms with Crippen LogP contribution in [0.15, 0.2) is 18.2 Å². The number of anilines is 1. The Morgan fingerprint density at radius 3 is 2.78 bits per heavy atom. The molecular formula is C16H19FN2O4. The van der Waals surface area contributed by atoms with E-state index in [-0.39, 0.29) is 18.1 Å². The molecule has 6 nitrogen and oxygen atoms in total. The highest BCUT2D eigenvalue weighted by molar-refractivity contribution is 5.95. The standard InChI is InChI=1S/C16H19FN2O4/c1-10-5-6-12(8-13(10)17)18-16(22)11(2)23-15(21)9-19-7-3-4-14(19)20/h5-6,8,11H,3-4,7,9H2,1-2H3,(H,18,22)/t11-/m0/s1. The predicted molar refractivity (Wildman–Crippen MR) is 81.1 cm³/mol. The van der Waals surface area contributed by atoms with Gasteiger partial charge in [0.1, 0.15) is 12.4 Å². The number of hydrogen-bond donors (Lipinski definition) is 1. The van der Waals surface area contributed by atoms with Crippen molar-refractivity contribution in [2.45, 2.75) is 32.8 Å². The number of nitrogens with one attached hydrogen (secondary N) is 1. The maximum Gasteiger partial charge on any atom is 0.326 e. The van der Waals surface area contributed by atoms with Gasteiger partial charge in [-0.1, -0.05) is 6.07 Å². The van der Waals surface area contributed by atoms with Gasteiger partial charge < -0.3 is 15.0 Å². The number of nitrogens with zero attached hydrogens (tertiary/aromatic N) is 1. The SMILES string of the molecule is Cc1ccc(NC(=O)[C@H](C)OC(=O)CN2CCCC2=O)cc1F. The Balaban J connectivity index is 1.85. The summed E-state index contributed by atoms with van der Waals surface area (Å²) in [7, 11) is 0. The number of carbonyl (C=O) groups is 3. The minimum absolute atomic E-state index is 0.0887. The smallest absolute Gasteiger partial charge is 0.326 e. The van der Waals surface area contributed by atoms with Crippen LogP contribution in [0.4, 0.5) is 10.1 Å². The van der Waals surface area contributed by atoms with Crippen molar-refractivity contribution >= 4 is 23.5 Å². The summed E-state index contributed by atoms with van der Waals surface area (Å²) in [6.45, 7) is 3.40. The molecule has 0 radical (unpaired) electrons. The largest absolute Gasteiger partial charge is 0.451 e. The van der Waals surface area contributed by atoms with Gasteiger partial charge in [-0.3, -0.25) is 14.4 Å². The second-order valence-corrected chi connectivity index (χ2v) is 5.50. The van der Waals surface area contributed by atoms with Crippen molar-refractivity contribution in [2.24, 2.45) is 0 Å². The number of aryl methyl sites for hydroxylation is 1. The van der Waals surface area contributed by atoms with Crippen LogP contribution in [0.1, 0.15) is 25.3 Å². The Bertz CT molecular complexity index is 633. The maximum atomic E-state index is 13.4. The van der Waals surface area contributed by atoms with E-state index in [4.69, 9.17) is 4.74 Å². The van der Waals surface area contributed by atoms with Crippen LogP contribution in [-0.4, -0.2) is 41.9 Å². The van der Waals surface area contributed by atoms with Crippen molar-refractivity contribution in [3.05, 3.63) is 29.6 Å². The Morgan fingerprint density at radius 1 is 1.43 bits per heavy atom. The van der Waals surface area contributed by atoms with Gasteiger partial charge in [-0.15, -0.1) is 0 Å². The fourth-order valence-electron chi connectivity index (χ4n) is 2.23. The van der Waals surface area contributed by atoms with Crippen molar-refractivity contribution in [3.8, 4) is 0 Å². The van der Waals surface area contributed by atoms with Crippen molar-refractivity contribution in [3.63, 3.8) is 0 Å². The summed E-state index contributed by atoms with van der Waals surface area (Å²) in [6.07, 6.45) is 0.119. The fraction of sp³-hybridized carbons (Fsp3) is 0.438. The first-order chi connectivity index (χ1) is 10.9. The van der Waals surface area contributed by atoms with Crippen LogP contribution < -0.4 is 5.32 Å². The molecule has 2 rings (SSSR count). The number of rotatable bonds is 5. The average molecular weight is 322 g/mol. The second-order valence-electron chi connectivity index (χ2n) is 5.50. The monoisotopic (exact) mass is 322 g/mol. The predicted octanol–water partition coefficient (Wildman–Crippen LogP) is 1.63. The molecule has 0 saturated carbocycles. The molecule has 2 amide bonds. The normalized spacial score (nSPS) is 15.4. The Labute approximate surface area is 133 Å². The number of halogens is 1. The highest BCUT2D eigenvalue weighted by atomic mass is 19.1. The third kappa shape index (κ3) is 4.51. The first-order valence-electron chi connectivity index (χ1n) is 7.41. The molecule has 124 valence electrons.